The third-order valence-electron chi connectivity index (χ3n) is 0.719. The van der Waals surface area contributed by atoms with Crippen LogP contribution in [0, 0.1) is 10.7 Å². The Bertz CT molecular complexity index is 93.2. The first-order chi connectivity index (χ1) is 3.91. The lowest BCUT2D eigenvalue weighted by atomic mass is 10.3. The van der Waals surface area contributed by atoms with Gasteiger partial charge in [0.05, 0.1) is 0 Å². The number of nitriles is 1. The van der Waals surface area contributed by atoms with Crippen molar-refractivity contribution in [3.8, 4) is 5.40 Å². The highest BCUT2D eigenvalue weighted by molar-refractivity contribution is 8.03. The minimum absolute atomic E-state index is 0.933. The molecule has 0 unspecified atom stereocenters. The Balaban J connectivity index is 2.74. The lowest BCUT2D eigenvalue weighted by Crippen LogP contribution is -1.72. The third kappa shape index (κ3) is 5.58. The minimum Gasteiger partial charge on any atom is -0.185 e. The quantitative estimate of drug-likeness (QED) is 0.328. The van der Waals surface area contributed by atoms with Gasteiger partial charge in [0, 0.05) is 5.75 Å². The number of hydrogen-bond donors (Lipinski definition) is 0. The van der Waals surface area contributed by atoms with E-state index in [4.69, 9.17) is 5.26 Å². The Morgan fingerprint density at radius 1 is 1.75 bits per heavy atom. The summed E-state index contributed by atoms with van der Waals surface area (Å²) in [6.07, 6.45) is 3.97. The van der Waals surface area contributed by atoms with Gasteiger partial charge in [0.25, 0.3) is 0 Å². The molecule has 0 N–H and O–H groups in total. The van der Waals surface area contributed by atoms with Crippen molar-refractivity contribution in [1.82, 2.24) is 0 Å². The van der Waals surface area contributed by atoms with Gasteiger partial charge >= 0.3 is 0 Å². The lowest BCUT2D eigenvalue weighted by molar-refractivity contribution is 0.976. The van der Waals surface area contributed by atoms with Gasteiger partial charge in [-0.25, -0.2) is 0 Å². The number of thioether (sulfide) groups is 1. The molecule has 44 valence electrons. The van der Waals surface area contributed by atoms with Crippen LogP contribution in [0.3, 0.4) is 0 Å². The second kappa shape index (κ2) is 6.58. The van der Waals surface area contributed by atoms with Crippen LogP contribution >= 0.6 is 11.8 Å². The molecular weight excluding hydrogens is 118 g/mol. The van der Waals surface area contributed by atoms with Crippen LogP contribution in [0.25, 0.3) is 0 Å². The van der Waals surface area contributed by atoms with E-state index in [-0.39, 0.29) is 0 Å². The Kier molecular flexibility index (Phi) is 6.23. The first-order valence-electron chi connectivity index (χ1n) is 2.53. The molecule has 0 saturated carbocycles. The molecule has 0 atom stereocenters. The Morgan fingerprint density at radius 3 is 3.00 bits per heavy atom. The van der Waals surface area contributed by atoms with Crippen molar-refractivity contribution in [2.75, 3.05) is 5.75 Å². The van der Waals surface area contributed by atoms with Crippen molar-refractivity contribution in [2.45, 2.75) is 12.8 Å². The minimum atomic E-state index is 0.933. The predicted molar refractivity (Wildman–Crippen MR) is 37.5 cm³/mol. The van der Waals surface area contributed by atoms with Crippen LogP contribution in [0.15, 0.2) is 12.7 Å². The molecule has 0 spiro atoms. The maximum atomic E-state index is 8.05. The van der Waals surface area contributed by atoms with Gasteiger partial charge < -0.3 is 0 Å². The molecule has 8 heavy (non-hydrogen) atoms. The summed E-state index contributed by atoms with van der Waals surface area (Å²) in [5.74, 6) is 0.933. The second-order valence-electron chi connectivity index (χ2n) is 1.37. The summed E-state index contributed by atoms with van der Waals surface area (Å²) < 4.78 is 0. The summed E-state index contributed by atoms with van der Waals surface area (Å²) in [6, 6.07) is 0. The molecule has 0 aliphatic heterocycles. The van der Waals surface area contributed by atoms with Gasteiger partial charge in [0.15, 0.2) is 0 Å². The summed E-state index contributed by atoms with van der Waals surface area (Å²) in [7, 11) is 0. The number of thiocyanates is 1. The highest BCUT2D eigenvalue weighted by Crippen LogP contribution is 2.00. The van der Waals surface area contributed by atoms with Crippen molar-refractivity contribution >= 4 is 11.8 Å². The van der Waals surface area contributed by atoms with Crippen molar-refractivity contribution in [3.63, 3.8) is 0 Å². The fraction of sp³-hybridized carbons (Fsp3) is 0.500. The van der Waals surface area contributed by atoms with Gasteiger partial charge in [0.2, 0.25) is 0 Å². The van der Waals surface area contributed by atoms with E-state index >= 15 is 0 Å². The summed E-state index contributed by atoms with van der Waals surface area (Å²) in [5.41, 5.74) is 0. The number of nitrogens with zero attached hydrogens (tertiary/aromatic N) is 1. The van der Waals surface area contributed by atoms with E-state index in [2.05, 4.69) is 6.58 Å². The predicted octanol–water partition coefficient (Wildman–Crippen LogP) is 2.17. The topological polar surface area (TPSA) is 23.8 Å². The van der Waals surface area contributed by atoms with Gasteiger partial charge in [-0.15, -0.1) is 6.58 Å². The maximum absolute atomic E-state index is 8.05. The Hall–Kier alpha value is -0.420. The highest BCUT2D eigenvalue weighted by Gasteiger charge is 1.81. The van der Waals surface area contributed by atoms with Crippen LogP contribution in [0.2, 0.25) is 0 Å². The van der Waals surface area contributed by atoms with E-state index in [1.165, 1.54) is 11.8 Å². The average molecular weight is 127 g/mol. The molecule has 0 heterocycles. The highest BCUT2D eigenvalue weighted by atomic mass is 32.2. The van der Waals surface area contributed by atoms with Gasteiger partial charge in [-0.2, -0.15) is 5.26 Å². The molecule has 0 aromatic rings. The normalized spacial score (nSPS) is 7.88. The zero-order chi connectivity index (χ0) is 6.24. The van der Waals surface area contributed by atoms with E-state index in [1.807, 2.05) is 11.5 Å². The molecule has 2 heteroatoms. The fourth-order valence-corrected chi connectivity index (χ4v) is 0.748. The zero-order valence-corrected chi connectivity index (χ0v) is 5.58. The SMILES string of the molecule is C=CCCCSC#N. The zero-order valence-electron chi connectivity index (χ0n) is 4.76. The van der Waals surface area contributed by atoms with Crippen LogP contribution in [-0.4, -0.2) is 5.75 Å². The van der Waals surface area contributed by atoms with E-state index in [0.29, 0.717) is 0 Å². The summed E-state index contributed by atoms with van der Waals surface area (Å²) in [5, 5.41) is 10.1. The number of allylic oxidation sites excluding steroid dienone is 1. The smallest absolute Gasteiger partial charge is 0.133 e. The standard InChI is InChI=1S/C6H9NS/c1-2-3-4-5-8-6-7/h2H,1,3-5H2. The first-order valence-corrected chi connectivity index (χ1v) is 3.52. The Morgan fingerprint density at radius 2 is 2.50 bits per heavy atom. The number of hydrogen-bond acceptors (Lipinski definition) is 2. The monoisotopic (exact) mass is 127 g/mol. The molecular formula is C6H9NS. The average Bonchev–Trinajstić information content (AvgIpc) is 1.81. The molecule has 0 fully saturated rings. The van der Waals surface area contributed by atoms with Crippen LogP contribution < -0.4 is 0 Å². The van der Waals surface area contributed by atoms with Gasteiger partial charge in [-0.05, 0) is 24.6 Å². The van der Waals surface area contributed by atoms with E-state index in [0.717, 1.165) is 18.6 Å². The molecule has 0 bridgehead atoms. The van der Waals surface area contributed by atoms with Crippen molar-refractivity contribution in [1.29, 1.82) is 5.26 Å². The second-order valence-corrected chi connectivity index (χ2v) is 2.25. The number of unbranched alkanes of at least 4 members (excludes halogenated alkanes) is 1. The van der Waals surface area contributed by atoms with Crippen molar-refractivity contribution in [3.05, 3.63) is 12.7 Å². The summed E-state index contributed by atoms with van der Waals surface area (Å²) in [4.78, 5) is 0. The van der Waals surface area contributed by atoms with Gasteiger partial charge in [0.1, 0.15) is 5.40 Å². The van der Waals surface area contributed by atoms with E-state index < -0.39 is 0 Å². The van der Waals surface area contributed by atoms with Crippen LogP contribution in [0.5, 0.6) is 0 Å². The summed E-state index contributed by atoms with van der Waals surface area (Å²) >= 11 is 1.31. The molecule has 0 radical (unpaired) electrons. The maximum Gasteiger partial charge on any atom is 0.133 e. The first kappa shape index (κ1) is 7.58. The van der Waals surface area contributed by atoms with Gasteiger partial charge in [-0.1, -0.05) is 6.08 Å². The van der Waals surface area contributed by atoms with Crippen LogP contribution in [0.1, 0.15) is 12.8 Å². The van der Waals surface area contributed by atoms with Crippen molar-refractivity contribution < 1.29 is 0 Å². The molecule has 0 amide bonds. The largest absolute Gasteiger partial charge is 0.185 e. The molecule has 0 saturated heterocycles. The molecule has 1 nitrogen and oxygen atoms in total. The third-order valence-corrected chi connectivity index (χ3v) is 1.34. The van der Waals surface area contributed by atoms with Crippen LogP contribution in [0.4, 0.5) is 0 Å². The van der Waals surface area contributed by atoms with E-state index in [9.17, 15) is 0 Å². The van der Waals surface area contributed by atoms with Gasteiger partial charge in [-0.3, -0.25) is 0 Å². The molecule has 0 aliphatic carbocycles. The molecule has 0 aromatic heterocycles. The molecule has 0 aliphatic rings. The lowest BCUT2D eigenvalue weighted by Gasteiger charge is -1.85. The Labute approximate surface area is 54.4 Å². The summed E-state index contributed by atoms with van der Waals surface area (Å²) in [6.45, 7) is 3.57. The van der Waals surface area contributed by atoms with Crippen molar-refractivity contribution in [2.24, 2.45) is 0 Å². The molecule has 0 rings (SSSR count). The fourth-order valence-electron chi connectivity index (χ4n) is 0.345. The van der Waals surface area contributed by atoms with E-state index in [1.54, 1.807) is 0 Å². The molecule has 0 aromatic carbocycles. The van der Waals surface area contributed by atoms with Crippen LogP contribution in [-0.2, 0) is 0 Å². The number of rotatable bonds is 4.